The lowest BCUT2D eigenvalue weighted by atomic mass is 10.0. The van der Waals surface area contributed by atoms with E-state index in [9.17, 15) is 5.11 Å². The summed E-state index contributed by atoms with van der Waals surface area (Å²) < 4.78 is 0. The SMILES string of the molecule is Cc1ccccc1NC1CCN(CC(C)(C)O)CC1. The Hall–Kier alpha value is -1.06. The molecule has 0 spiro atoms. The van der Waals surface area contributed by atoms with E-state index >= 15 is 0 Å². The zero-order valence-corrected chi connectivity index (χ0v) is 12.3. The van der Waals surface area contributed by atoms with E-state index < -0.39 is 5.60 Å². The van der Waals surface area contributed by atoms with Gasteiger partial charge in [-0.2, -0.15) is 0 Å². The van der Waals surface area contributed by atoms with Gasteiger partial charge in [-0.25, -0.2) is 0 Å². The summed E-state index contributed by atoms with van der Waals surface area (Å²) in [6.45, 7) is 8.80. The van der Waals surface area contributed by atoms with E-state index in [4.69, 9.17) is 0 Å². The molecule has 0 atom stereocenters. The molecule has 0 unspecified atom stereocenters. The average molecular weight is 262 g/mol. The van der Waals surface area contributed by atoms with Crippen LogP contribution in [0.4, 0.5) is 5.69 Å². The molecule has 1 fully saturated rings. The molecule has 0 bridgehead atoms. The first kappa shape index (κ1) is 14.4. The lowest BCUT2D eigenvalue weighted by Crippen LogP contribution is -2.45. The van der Waals surface area contributed by atoms with Gasteiger partial charge in [0, 0.05) is 31.4 Å². The van der Waals surface area contributed by atoms with Crippen LogP contribution in [0.2, 0.25) is 0 Å². The highest BCUT2D eigenvalue weighted by Crippen LogP contribution is 2.20. The summed E-state index contributed by atoms with van der Waals surface area (Å²) in [6, 6.07) is 9.01. The Morgan fingerprint density at radius 2 is 1.89 bits per heavy atom. The van der Waals surface area contributed by atoms with E-state index in [0.717, 1.165) is 32.5 Å². The maximum atomic E-state index is 9.85. The minimum atomic E-state index is -0.587. The Morgan fingerprint density at radius 1 is 1.26 bits per heavy atom. The molecule has 0 radical (unpaired) electrons. The number of aryl methyl sites for hydroxylation is 1. The third-order valence-corrected chi connectivity index (χ3v) is 3.70. The number of nitrogens with one attached hydrogen (secondary N) is 1. The van der Waals surface area contributed by atoms with Crippen molar-refractivity contribution in [1.29, 1.82) is 0 Å². The number of rotatable bonds is 4. The molecule has 2 rings (SSSR count). The van der Waals surface area contributed by atoms with Gasteiger partial charge in [-0.15, -0.1) is 0 Å². The van der Waals surface area contributed by atoms with Gasteiger partial charge in [-0.3, -0.25) is 0 Å². The summed E-state index contributed by atoms with van der Waals surface area (Å²) >= 11 is 0. The zero-order valence-electron chi connectivity index (χ0n) is 12.3. The normalized spacial score (nSPS) is 18.5. The van der Waals surface area contributed by atoms with E-state index in [0.29, 0.717) is 6.04 Å². The Bertz CT molecular complexity index is 403. The first-order valence-electron chi connectivity index (χ1n) is 7.21. The van der Waals surface area contributed by atoms with Crippen molar-refractivity contribution in [3.63, 3.8) is 0 Å². The largest absolute Gasteiger partial charge is 0.389 e. The second-order valence-corrected chi connectivity index (χ2v) is 6.32. The molecule has 1 aromatic carbocycles. The fourth-order valence-electron chi connectivity index (χ4n) is 2.74. The van der Waals surface area contributed by atoms with Crippen LogP contribution in [0, 0.1) is 6.92 Å². The third-order valence-electron chi connectivity index (χ3n) is 3.70. The highest BCUT2D eigenvalue weighted by molar-refractivity contribution is 5.50. The molecule has 0 aromatic heterocycles. The number of hydrogen-bond acceptors (Lipinski definition) is 3. The summed E-state index contributed by atoms with van der Waals surface area (Å²) in [4.78, 5) is 2.36. The molecule has 1 saturated heterocycles. The number of piperidine rings is 1. The molecule has 0 saturated carbocycles. The van der Waals surface area contributed by atoms with Crippen LogP contribution in [0.25, 0.3) is 0 Å². The number of hydrogen-bond donors (Lipinski definition) is 2. The predicted molar refractivity (Wildman–Crippen MR) is 80.6 cm³/mol. The molecule has 1 aliphatic heterocycles. The number of benzene rings is 1. The molecule has 2 N–H and O–H groups in total. The second kappa shape index (κ2) is 5.93. The molecule has 3 nitrogen and oxygen atoms in total. The average Bonchev–Trinajstić information content (AvgIpc) is 2.33. The third kappa shape index (κ3) is 4.51. The van der Waals surface area contributed by atoms with Crippen LogP contribution in [-0.4, -0.2) is 41.3 Å². The number of aliphatic hydroxyl groups is 1. The first-order chi connectivity index (χ1) is 8.94. The second-order valence-electron chi connectivity index (χ2n) is 6.32. The van der Waals surface area contributed by atoms with Crippen LogP contribution in [-0.2, 0) is 0 Å². The molecule has 19 heavy (non-hydrogen) atoms. The molecule has 106 valence electrons. The standard InChI is InChI=1S/C16H26N2O/c1-13-6-4-5-7-15(13)17-14-8-10-18(11-9-14)12-16(2,3)19/h4-7,14,17,19H,8-12H2,1-3H3. The van der Waals surface area contributed by atoms with Crippen LogP contribution >= 0.6 is 0 Å². The summed E-state index contributed by atoms with van der Waals surface area (Å²) in [5.74, 6) is 0. The molecule has 0 aliphatic carbocycles. The molecule has 1 aromatic rings. The maximum Gasteiger partial charge on any atom is 0.0718 e. The van der Waals surface area contributed by atoms with Gasteiger partial charge in [-0.05, 0) is 45.2 Å². The van der Waals surface area contributed by atoms with Gasteiger partial charge in [0.2, 0.25) is 0 Å². The minimum Gasteiger partial charge on any atom is -0.389 e. The lowest BCUT2D eigenvalue weighted by molar-refractivity contribution is 0.0291. The van der Waals surface area contributed by atoms with Gasteiger partial charge in [0.15, 0.2) is 0 Å². The highest BCUT2D eigenvalue weighted by atomic mass is 16.3. The van der Waals surface area contributed by atoms with Crippen molar-refractivity contribution in [2.75, 3.05) is 25.0 Å². The van der Waals surface area contributed by atoms with Gasteiger partial charge in [-0.1, -0.05) is 18.2 Å². The molecule has 1 aliphatic rings. The maximum absolute atomic E-state index is 9.85. The summed E-state index contributed by atoms with van der Waals surface area (Å²) in [5.41, 5.74) is 1.97. The van der Waals surface area contributed by atoms with Crippen LogP contribution in [0.15, 0.2) is 24.3 Å². The van der Waals surface area contributed by atoms with Crippen LogP contribution in [0.1, 0.15) is 32.3 Å². The van der Waals surface area contributed by atoms with Gasteiger partial charge < -0.3 is 15.3 Å². The van der Waals surface area contributed by atoms with Gasteiger partial charge in [0.25, 0.3) is 0 Å². The van der Waals surface area contributed by atoms with Gasteiger partial charge in [0.05, 0.1) is 5.60 Å². The number of β-amino-alcohol motifs (C(OH)–C–C–N with tert-alkyl or cyclic N) is 1. The van der Waals surface area contributed by atoms with E-state index in [1.54, 1.807) is 0 Å². The zero-order chi connectivity index (χ0) is 13.9. The van der Waals surface area contributed by atoms with Crippen molar-refractivity contribution >= 4 is 5.69 Å². The van der Waals surface area contributed by atoms with Crippen molar-refractivity contribution < 1.29 is 5.11 Å². The van der Waals surface area contributed by atoms with Crippen LogP contribution < -0.4 is 5.32 Å². The Morgan fingerprint density at radius 3 is 2.47 bits per heavy atom. The number of para-hydroxylation sites is 1. The van der Waals surface area contributed by atoms with Crippen molar-refractivity contribution in [3.05, 3.63) is 29.8 Å². The highest BCUT2D eigenvalue weighted by Gasteiger charge is 2.23. The van der Waals surface area contributed by atoms with E-state index in [1.807, 2.05) is 13.8 Å². The van der Waals surface area contributed by atoms with Crippen molar-refractivity contribution in [2.45, 2.75) is 45.3 Å². The Labute approximate surface area is 116 Å². The van der Waals surface area contributed by atoms with E-state index in [2.05, 4.69) is 41.4 Å². The van der Waals surface area contributed by atoms with Gasteiger partial charge in [0.1, 0.15) is 0 Å². The quantitative estimate of drug-likeness (QED) is 0.875. The van der Waals surface area contributed by atoms with Crippen molar-refractivity contribution in [3.8, 4) is 0 Å². The number of likely N-dealkylation sites (tertiary alicyclic amines) is 1. The summed E-state index contributed by atoms with van der Waals surface area (Å²) in [7, 11) is 0. The fourth-order valence-corrected chi connectivity index (χ4v) is 2.74. The lowest BCUT2D eigenvalue weighted by Gasteiger charge is -2.36. The number of anilines is 1. The Kier molecular flexibility index (Phi) is 4.48. The van der Waals surface area contributed by atoms with Crippen molar-refractivity contribution in [1.82, 2.24) is 4.90 Å². The summed E-state index contributed by atoms with van der Waals surface area (Å²) in [6.07, 6.45) is 2.29. The van der Waals surface area contributed by atoms with Crippen LogP contribution in [0.3, 0.4) is 0 Å². The first-order valence-corrected chi connectivity index (χ1v) is 7.21. The molecular formula is C16H26N2O. The van der Waals surface area contributed by atoms with E-state index in [-0.39, 0.29) is 0 Å². The molecule has 0 amide bonds. The van der Waals surface area contributed by atoms with Gasteiger partial charge >= 0.3 is 0 Å². The van der Waals surface area contributed by atoms with Crippen LogP contribution in [0.5, 0.6) is 0 Å². The van der Waals surface area contributed by atoms with Crippen molar-refractivity contribution in [2.24, 2.45) is 0 Å². The summed E-state index contributed by atoms with van der Waals surface area (Å²) in [5, 5.41) is 13.5. The Balaban J connectivity index is 1.82. The predicted octanol–water partition coefficient (Wildman–Crippen LogP) is 2.64. The minimum absolute atomic E-state index is 0.555. The topological polar surface area (TPSA) is 35.5 Å². The smallest absolute Gasteiger partial charge is 0.0718 e. The molecule has 1 heterocycles. The molecule has 3 heteroatoms. The number of nitrogens with zero attached hydrogens (tertiary/aromatic N) is 1. The monoisotopic (exact) mass is 262 g/mol. The van der Waals surface area contributed by atoms with E-state index in [1.165, 1.54) is 11.3 Å². The fraction of sp³-hybridized carbons (Fsp3) is 0.625. The molecular weight excluding hydrogens is 236 g/mol.